The van der Waals surface area contributed by atoms with Crippen molar-refractivity contribution in [3.05, 3.63) is 69.6 Å². The fourth-order valence-electron chi connectivity index (χ4n) is 2.24. The Morgan fingerprint density at radius 2 is 2.04 bits per heavy atom. The molecule has 27 heavy (non-hydrogen) atoms. The lowest BCUT2D eigenvalue weighted by atomic mass is 10.2. The van der Waals surface area contributed by atoms with Gasteiger partial charge in [-0.15, -0.1) is 5.10 Å². The van der Waals surface area contributed by atoms with Crippen LogP contribution >= 0.6 is 23.4 Å². The molecule has 7 heteroatoms. The van der Waals surface area contributed by atoms with Gasteiger partial charge < -0.3 is 4.74 Å². The predicted octanol–water partition coefficient (Wildman–Crippen LogP) is 4.87. The van der Waals surface area contributed by atoms with E-state index < -0.39 is 0 Å². The second-order valence-corrected chi connectivity index (χ2v) is 7.41. The SMILES string of the molecule is CC(C)=N/N=C1\NC(=O)C(=Cc2cccc(OCc3ccccc3Cl)c2)S1. The zero-order chi connectivity index (χ0) is 19.2. The number of hydrogen-bond acceptors (Lipinski definition) is 5. The Hall–Kier alpha value is -2.57. The van der Waals surface area contributed by atoms with E-state index in [1.165, 1.54) is 11.8 Å². The molecule has 0 radical (unpaired) electrons. The highest BCUT2D eigenvalue weighted by Gasteiger charge is 2.23. The van der Waals surface area contributed by atoms with E-state index in [1.54, 1.807) is 6.08 Å². The van der Waals surface area contributed by atoms with Crippen molar-refractivity contribution in [1.82, 2.24) is 5.32 Å². The Bertz CT molecular complexity index is 950. The first-order chi connectivity index (χ1) is 13.0. The number of rotatable bonds is 5. The van der Waals surface area contributed by atoms with E-state index in [4.69, 9.17) is 16.3 Å². The molecular formula is C20H18ClN3O2S. The molecule has 0 atom stereocenters. The standard InChI is InChI=1S/C20H18ClN3O2S/c1-13(2)23-24-20-22-19(25)18(27-20)11-14-6-5-8-16(10-14)26-12-15-7-3-4-9-17(15)21/h3-11H,12H2,1-2H3,(H,22,24,25). The van der Waals surface area contributed by atoms with Crippen LogP contribution in [-0.4, -0.2) is 16.8 Å². The van der Waals surface area contributed by atoms with E-state index in [2.05, 4.69) is 15.5 Å². The van der Waals surface area contributed by atoms with Crippen LogP contribution in [0, 0.1) is 0 Å². The predicted molar refractivity (Wildman–Crippen MR) is 112 cm³/mol. The fraction of sp³-hybridized carbons (Fsp3) is 0.150. The molecule has 2 aromatic carbocycles. The first-order valence-electron chi connectivity index (χ1n) is 8.27. The lowest BCUT2D eigenvalue weighted by Crippen LogP contribution is -2.19. The summed E-state index contributed by atoms with van der Waals surface area (Å²) in [5.74, 6) is 0.512. The molecule has 1 N–H and O–H groups in total. The van der Waals surface area contributed by atoms with Gasteiger partial charge in [-0.2, -0.15) is 5.10 Å². The van der Waals surface area contributed by atoms with Gasteiger partial charge in [-0.1, -0.05) is 41.9 Å². The number of benzene rings is 2. The lowest BCUT2D eigenvalue weighted by molar-refractivity contribution is -0.115. The summed E-state index contributed by atoms with van der Waals surface area (Å²) in [5, 5.41) is 11.8. The van der Waals surface area contributed by atoms with Gasteiger partial charge in [0.25, 0.3) is 5.91 Å². The van der Waals surface area contributed by atoms with Crippen molar-refractivity contribution < 1.29 is 9.53 Å². The number of carbonyl (C=O) groups excluding carboxylic acids is 1. The molecule has 0 unspecified atom stereocenters. The number of carbonyl (C=O) groups is 1. The third-order valence-electron chi connectivity index (χ3n) is 3.50. The Kier molecular flexibility index (Phi) is 6.32. The van der Waals surface area contributed by atoms with Crippen molar-refractivity contribution in [2.24, 2.45) is 10.2 Å². The highest BCUT2D eigenvalue weighted by Crippen LogP contribution is 2.27. The summed E-state index contributed by atoms with van der Waals surface area (Å²) < 4.78 is 5.83. The number of amides is 1. The average molecular weight is 400 g/mol. The lowest BCUT2D eigenvalue weighted by Gasteiger charge is -2.08. The van der Waals surface area contributed by atoms with Gasteiger partial charge in [-0.3, -0.25) is 10.1 Å². The number of ether oxygens (including phenoxy) is 1. The molecule has 3 rings (SSSR count). The maximum absolute atomic E-state index is 12.1. The molecule has 1 amide bonds. The quantitative estimate of drug-likeness (QED) is 0.443. The first kappa shape index (κ1) is 19.2. The van der Waals surface area contributed by atoms with Gasteiger partial charge in [0.1, 0.15) is 12.4 Å². The molecule has 1 saturated heterocycles. The summed E-state index contributed by atoms with van der Waals surface area (Å²) in [5.41, 5.74) is 2.60. The summed E-state index contributed by atoms with van der Waals surface area (Å²) in [7, 11) is 0. The zero-order valence-electron chi connectivity index (χ0n) is 14.9. The van der Waals surface area contributed by atoms with Crippen molar-refractivity contribution >= 4 is 46.2 Å². The van der Waals surface area contributed by atoms with Gasteiger partial charge in [0.15, 0.2) is 5.17 Å². The fourth-order valence-corrected chi connectivity index (χ4v) is 3.21. The summed E-state index contributed by atoms with van der Waals surface area (Å²) in [6.07, 6.45) is 1.80. The highest BCUT2D eigenvalue weighted by atomic mass is 35.5. The Labute approximate surface area is 167 Å². The Morgan fingerprint density at radius 1 is 1.22 bits per heavy atom. The molecule has 5 nitrogen and oxygen atoms in total. The average Bonchev–Trinajstić information content (AvgIpc) is 2.99. The molecule has 1 fully saturated rings. The largest absolute Gasteiger partial charge is 0.489 e. The van der Waals surface area contributed by atoms with Crippen molar-refractivity contribution in [3.8, 4) is 5.75 Å². The monoisotopic (exact) mass is 399 g/mol. The van der Waals surface area contributed by atoms with Crippen LogP contribution in [0.15, 0.2) is 63.6 Å². The van der Waals surface area contributed by atoms with Crippen LogP contribution in [-0.2, 0) is 11.4 Å². The van der Waals surface area contributed by atoms with E-state index in [9.17, 15) is 4.79 Å². The van der Waals surface area contributed by atoms with Crippen LogP contribution in [0.3, 0.4) is 0 Å². The third kappa shape index (κ3) is 5.45. The number of nitrogens with zero attached hydrogens (tertiary/aromatic N) is 2. The normalized spacial score (nSPS) is 16.5. The number of thioether (sulfide) groups is 1. The molecule has 0 spiro atoms. The minimum atomic E-state index is -0.190. The van der Waals surface area contributed by atoms with Crippen LogP contribution < -0.4 is 10.1 Å². The highest BCUT2D eigenvalue weighted by molar-refractivity contribution is 8.18. The van der Waals surface area contributed by atoms with E-state index in [0.717, 1.165) is 16.8 Å². The summed E-state index contributed by atoms with van der Waals surface area (Å²) in [6.45, 7) is 4.06. The van der Waals surface area contributed by atoms with Crippen molar-refractivity contribution in [1.29, 1.82) is 0 Å². The smallest absolute Gasteiger partial charge is 0.264 e. The first-order valence-corrected chi connectivity index (χ1v) is 9.47. The summed E-state index contributed by atoms with van der Waals surface area (Å²) in [6, 6.07) is 15.1. The third-order valence-corrected chi connectivity index (χ3v) is 4.77. The minimum Gasteiger partial charge on any atom is -0.489 e. The van der Waals surface area contributed by atoms with Gasteiger partial charge >= 0.3 is 0 Å². The maximum Gasteiger partial charge on any atom is 0.264 e. The number of amidine groups is 1. The summed E-state index contributed by atoms with van der Waals surface area (Å²) >= 11 is 7.41. The molecule has 0 aromatic heterocycles. The van der Waals surface area contributed by atoms with Gasteiger partial charge in [0, 0.05) is 16.3 Å². The molecule has 1 heterocycles. The van der Waals surface area contributed by atoms with Gasteiger partial charge in [0.05, 0.1) is 4.91 Å². The summed E-state index contributed by atoms with van der Waals surface area (Å²) in [4.78, 5) is 12.6. The number of nitrogens with one attached hydrogen (secondary N) is 1. The van der Waals surface area contributed by atoms with Crippen LogP contribution in [0.1, 0.15) is 25.0 Å². The van der Waals surface area contributed by atoms with Crippen LogP contribution in [0.4, 0.5) is 0 Å². The molecule has 2 aromatic rings. The molecule has 0 saturated carbocycles. The molecule has 1 aliphatic rings. The van der Waals surface area contributed by atoms with Crippen molar-refractivity contribution in [2.75, 3.05) is 0 Å². The molecular weight excluding hydrogens is 382 g/mol. The van der Waals surface area contributed by atoms with Gasteiger partial charge in [-0.05, 0) is 55.4 Å². The number of hydrogen-bond donors (Lipinski definition) is 1. The molecule has 1 aliphatic heterocycles. The molecule has 0 bridgehead atoms. The number of halogens is 1. The Morgan fingerprint density at radius 3 is 2.81 bits per heavy atom. The maximum atomic E-state index is 12.1. The Balaban J connectivity index is 1.71. The molecule has 138 valence electrons. The van der Waals surface area contributed by atoms with Crippen LogP contribution in [0.2, 0.25) is 5.02 Å². The van der Waals surface area contributed by atoms with E-state index in [0.29, 0.717) is 27.5 Å². The van der Waals surface area contributed by atoms with E-state index >= 15 is 0 Å². The topological polar surface area (TPSA) is 63.0 Å². The van der Waals surface area contributed by atoms with E-state index in [-0.39, 0.29) is 5.91 Å². The van der Waals surface area contributed by atoms with Gasteiger partial charge in [0.2, 0.25) is 0 Å². The van der Waals surface area contributed by atoms with Crippen LogP contribution in [0.5, 0.6) is 5.75 Å². The van der Waals surface area contributed by atoms with Crippen molar-refractivity contribution in [3.63, 3.8) is 0 Å². The second kappa shape index (κ2) is 8.88. The second-order valence-electron chi connectivity index (χ2n) is 5.97. The van der Waals surface area contributed by atoms with Crippen LogP contribution in [0.25, 0.3) is 6.08 Å². The van der Waals surface area contributed by atoms with Crippen molar-refractivity contribution in [2.45, 2.75) is 20.5 Å². The van der Waals surface area contributed by atoms with E-state index in [1.807, 2.05) is 62.4 Å². The molecule has 0 aliphatic carbocycles. The van der Waals surface area contributed by atoms with Gasteiger partial charge in [-0.25, -0.2) is 0 Å². The zero-order valence-corrected chi connectivity index (χ0v) is 16.5. The minimum absolute atomic E-state index is 0.190.